The Kier molecular flexibility index (Phi) is 4.87. The molecular weight excluding hydrogens is 354 g/mol. The van der Waals surface area contributed by atoms with Gasteiger partial charge >= 0.3 is 0 Å². The van der Waals surface area contributed by atoms with Gasteiger partial charge in [-0.3, -0.25) is 9.69 Å². The molecule has 1 aromatic carbocycles. The number of H-pyrrole nitrogens is 1. The summed E-state index contributed by atoms with van der Waals surface area (Å²) in [7, 11) is 0. The van der Waals surface area contributed by atoms with E-state index >= 15 is 0 Å². The second kappa shape index (κ2) is 7.50. The third kappa shape index (κ3) is 3.56. The van der Waals surface area contributed by atoms with Gasteiger partial charge in [-0.15, -0.1) is 0 Å². The number of nitrogens with zero attached hydrogens (tertiary/aromatic N) is 2. The zero-order valence-corrected chi connectivity index (χ0v) is 16.4. The summed E-state index contributed by atoms with van der Waals surface area (Å²) in [6.07, 6.45) is 3.13. The molecule has 1 N–H and O–H groups in total. The number of carbonyl (C=O) groups excluding carboxylic acids is 1. The Morgan fingerprint density at radius 3 is 2.93 bits per heavy atom. The molecule has 3 aliphatic rings. The van der Waals surface area contributed by atoms with Crippen LogP contribution in [0.3, 0.4) is 0 Å². The number of hydrogen-bond acceptors (Lipinski definition) is 4. The topological polar surface area (TPSA) is 57.8 Å². The molecule has 6 nitrogen and oxygen atoms in total. The second-order valence-corrected chi connectivity index (χ2v) is 8.58. The lowest BCUT2D eigenvalue weighted by Gasteiger charge is -2.39. The molecule has 4 heterocycles. The van der Waals surface area contributed by atoms with Gasteiger partial charge in [-0.25, -0.2) is 0 Å². The lowest BCUT2D eigenvalue weighted by Crippen LogP contribution is -2.50. The van der Waals surface area contributed by atoms with Crippen LogP contribution in [0.2, 0.25) is 0 Å². The Morgan fingerprint density at radius 1 is 1.21 bits per heavy atom. The number of piperidine rings is 1. The van der Waals surface area contributed by atoms with Crippen LogP contribution in [-0.4, -0.2) is 78.8 Å². The van der Waals surface area contributed by atoms with Gasteiger partial charge in [0.25, 0.3) is 5.91 Å². The molecule has 2 aromatic rings. The Hall–Kier alpha value is -1.89. The second-order valence-electron chi connectivity index (χ2n) is 8.58. The van der Waals surface area contributed by atoms with Crippen LogP contribution >= 0.6 is 0 Å². The average Bonchev–Trinajstić information content (AvgIpc) is 3.32. The molecule has 1 amide bonds. The number of rotatable bonds is 3. The zero-order valence-electron chi connectivity index (χ0n) is 16.4. The summed E-state index contributed by atoms with van der Waals surface area (Å²) in [5.74, 6) is 0.650. The molecule has 0 aliphatic carbocycles. The highest BCUT2D eigenvalue weighted by molar-refractivity contribution is 5.98. The maximum absolute atomic E-state index is 13.1. The van der Waals surface area contributed by atoms with Crippen molar-refractivity contribution in [1.29, 1.82) is 0 Å². The van der Waals surface area contributed by atoms with E-state index in [2.05, 4.69) is 9.88 Å². The number of benzene rings is 1. The summed E-state index contributed by atoms with van der Waals surface area (Å²) in [6.45, 7) is 7.14. The molecule has 2 atom stereocenters. The minimum Gasteiger partial charge on any atom is -0.379 e. The van der Waals surface area contributed by atoms with Crippen LogP contribution in [0.5, 0.6) is 0 Å². The number of hydrogen-bond donors (Lipinski definition) is 1. The number of likely N-dealkylation sites (tertiary alicyclic amines) is 1. The Balaban J connectivity index is 1.25. The van der Waals surface area contributed by atoms with Crippen LogP contribution in [0.1, 0.15) is 29.8 Å². The van der Waals surface area contributed by atoms with Crippen LogP contribution in [0.25, 0.3) is 10.9 Å². The highest BCUT2D eigenvalue weighted by Gasteiger charge is 2.45. The van der Waals surface area contributed by atoms with Crippen LogP contribution in [0.15, 0.2) is 30.3 Å². The Bertz CT molecular complexity index is 811. The number of fused-ring (bicyclic) bond motifs is 1. The van der Waals surface area contributed by atoms with Crippen molar-refractivity contribution in [2.75, 3.05) is 52.5 Å². The minimum atomic E-state index is -0.156. The standard InChI is InChI=1S/C22H29N3O3/c26-21(20-12-18-4-1-2-5-19(18)23-20)25-7-3-6-22(16-25)13-17(15-28-22)14-24-8-10-27-11-9-24/h1-2,4-5,12,17,23H,3,6-11,13-16H2. The molecule has 150 valence electrons. The first-order valence-electron chi connectivity index (χ1n) is 10.5. The summed E-state index contributed by atoms with van der Waals surface area (Å²) in [6, 6.07) is 10.0. The number of aromatic amines is 1. The zero-order chi connectivity index (χ0) is 19.0. The van der Waals surface area contributed by atoms with Crippen molar-refractivity contribution in [3.63, 3.8) is 0 Å². The Morgan fingerprint density at radius 2 is 2.07 bits per heavy atom. The van der Waals surface area contributed by atoms with Crippen molar-refractivity contribution in [3.05, 3.63) is 36.0 Å². The van der Waals surface area contributed by atoms with Gasteiger partial charge in [0.2, 0.25) is 0 Å². The van der Waals surface area contributed by atoms with E-state index in [4.69, 9.17) is 9.47 Å². The molecule has 1 spiro atoms. The molecule has 3 saturated heterocycles. The number of nitrogens with one attached hydrogen (secondary N) is 1. The number of aromatic nitrogens is 1. The summed E-state index contributed by atoms with van der Waals surface area (Å²) in [5, 5.41) is 1.08. The number of morpholine rings is 1. The van der Waals surface area contributed by atoms with Gasteiger partial charge in [0.05, 0.1) is 32.0 Å². The monoisotopic (exact) mass is 383 g/mol. The molecule has 3 fully saturated rings. The Labute approximate surface area is 165 Å². The van der Waals surface area contributed by atoms with Gasteiger partial charge in [0, 0.05) is 37.1 Å². The molecule has 6 heteroatoms. The number of carbonyl (C=O) groups is 1. The lowest BCUT2D eigenvalue weighted by molar-refractivity contribution is -0.0452. The summed E-state index contributed by atoms with van der Waals surface area (Å²) < 4.78 is 11.8. The average molecular weight is 383 g/mol. The largest absolute Gasteiger partial charge is 0.379 e. The number of ether oxygens (including phenoxy) is 2. The normalized spacial score (nSPS) is 29.0. The third-order valence-corrected chi connectivity index (χ3v) is 6.49. The third-order valence-electron chi connectivity index (χ3n) is 6.49. The van der Waals surface area contributed by atoms with E-state index < -0.39 is 0 Å². The maximum Gasteiger partial charge on any atom is 0.270 e. The van der Waals surface area contributed by atoms with E-state index in [1.54, 1.807) is 0 Å². The van der Waals surface area contributed by atoms with Gasteiger partial charge in [0.15, 0.2) is 0 Å². The smallest absolute Gasteiger partial charge is 0.270 e. The van der Waals surface area contributed by atoms with Crippen molar-refractivity contribution < 1.29 is 14.3 Å². The maximum atomic E-state index is 13.1. The van der Waals surface area contributed by atoms with Crippen LogP contribution < -0.4 is 0 Å². The van der Waals surface area contributed by atoms with Crippen LogP contribution in [-0.2, 0) is 9.47 Å². The lowest BCUT2D eigenvalue weighted by atomic mass is 9.86. The van der Waals surface area contributed by atoms with Gasteiger partial charge in [-0.2, -0.15) is 0 Å². The first-order chi connectivity index (χ1) is 13.7. The number of amides is 1. The van der Waals surface area contributed by atoms with Crippen LogP contribution in [0.4, 0.5) is 0 Å². The van der Waals surface area contributed by atoms with Crippen molar-refractivity contribution in [2.24, 2.45) is 5.92 Å². The molecule has 3 aliphatic heterocycles. The van der Waals surface area contributed by atoms with E-state index in [0.717, 1.165) is 76.2 Å². The van der Waals surface area contributed by atoms with E-state index in [0.29, 0.717) is 18.2 Å². The predicted molar refractivity (Wildman–Crippen MR) is 107 cm³/mol. The summed E-state index contributed by atoms with van der Waals surface area (Å²) >= 11 is 0. The fourth-order valence-electron chi connectivity index (χ4n) is 5.12. The van der Waals surface area contributed by atoms with Gasteiger partial charge < -0.3 is 19.4 Å². The van der Waals surface area contributed by atoms with Crippen molar-refractivity contribution in [3.8, 4) is 0 Å². The molecular formula is C22H29N3O3. The van der Waals surface area contributed by atoms with Gasteiger partial charge in [-0.05, 0) is 37.3 Å². The van der Waals surface area contributed by atoms with E-state index in [1.807, 2.05) is 35.2 Å². The van der Waals surface area contributed by atoms with Gasteiger partial charge in [-0.1, -0.05) is 18.2 Å². The molecule has 0 radical (unpaired) electrons. The minimum absolute atomic E-state index is 0.0931. The van der Waals surface area contributed by atoms with E-state index in [1.165, 1.54) is 0 Å². The van der Waals surface area contributed by atoms with E-state index in [-0.39, 0.29) is 11.5 Å². The van der Waals surface area contributed by atoms with Crippen molar-refractivity contribution in [1.82, 2.24) is 14.8 Å². The van der Waals surface area contributed by atoms with Crippen molar-refractivity contribution >= 4 is 16.8 Å². The highest BCUT2D eigenvalue weighted by Crippen LogP contribution is 2.38. The quantitative estimate of drug-likeness (QED) is 0.885. The molecule has 5 rings (SSSR count). The number of para-hydroxylation sites is 1. The van der Waals surface area contributed by atoms with Crippen LogP contribution in [0, 0.1) is 5.92 Å². The molecule has 28 heavy (non-hydrogen) atoms. The molecule has 0 saturated carbocycles. The SMILES string of the molecule is O=C(c1cc2ccccc2[nH]1)N1CCCC2(CC(CN3CCOCC3)CO2)C1. The van der Waals surface area contributed by atoms with E-state index in [9.17, 15) is 4.79 Å². The highest BCUT2D eigenvalue weighted by atomic mass is 16.5. The predicted octanol–water partition coefficient (Wildman–Crippen LogP) is 2.51. The first kappa shape index (κ1) is 18.2. The molecule has 1 aromatic heterocycles. The van der Waals surface area contributed by atoms with Crippen molar-refractivity contribution in [2.45, 2.75) is 24.9 Å². The van der Waals surface area contributed by atoms with Gasteiger partial charge in [0.1, 0.15) is 5.69 Å². The fourth-order valence-corrected chi connectivity index (χ4v) is 5.12. The molecule has 0 bridgehead atoms. The first-order valence-corrected chi connectivity index (χ1v) is 10.5. The molecule has 2 unspecified atom stereocenters. The summed E-state index contributed by atoms with van der Waals surface area (Å²) in [4.78, 5) is 20.9. The fraction of sp³-hybridized carbons (Fsp3) is 0.591. The summed E-state index contributed by atoms with van der Waals surface area (Å²) in [5.41, 5.74) is 1.54.